The molecule has 5 amide bonds. The highest BCUT2D eigenvalue weighted by atomic mass is 16.4. The number of carboxylic acid groups (broad SMARTS) is 2. The summed E-state index contributed by atoms with van der Waals surface area (Å²) < 4.78 is 0. The standard InChI is InChI=1S/C19H33N9O9/c20-8(6-14(31)32)15(33)26-9(2-1-5-25-19(23)24)16(34)27-10(3-4-12(21)29)17(35)28-11(18(36)37)7-13(22)30/h8-11H,1-7,20H2,(H2,21,29)(H2,22,30)(H,26,33)(H,27,34)(H,28,35)(H,31,32)(H,36,37)(H4,23,24,25). The first-order valence-corrected chi connectivity index (χ1v) is 10.9. The molecule has 0 aliphatic heterocycles. The van der Waals surface area contributed by atoms with Crippen LogP contribution in [0.5, 0.6) is 0 Å². The van der Waals surface area contributed by atoms with Crippen LogP contribution in [0.2, 0.25) is 0 Å². The summed E-state index contributed by atoms with van der Waals surface area (Å²) in [4.78, 5) is 86.2. The molecule has 0 saturated carbocycles. The topological polar surface area (TPSA) is 338 Å². The first-order chi connectivity index (χ1) is 17.1. The molecule has 208 valence electrons. The first kappa shape index (κ1) is 32.5. The molecule has 0 aromatic heterocycles. The maximum Gasteiger partial charge on any atom is 0.326 e. The number of aliphatic imine (C=N–C) groups is 1. The Morgan fingerprint density at radius 1 is 0.703 bits per heavy atom. The summed E-state index contributed by atoms with van der Waals surface area (Å²) in [5.41, 5.74) is 26.1. The van der Waals surface area contributed by atoms with Crippen LogP contribution in [-0.4, -0.2) is 88.4 Å². The van der Waals surface area contributed by atoms with Crippen molar-refractivity contribution in [3.05, 3.63) is 0 Å². The minimum Gasteiger partial charge on any atom is -0.481 e. The van der Waals surface area contributed by atoms with Crippen LogP contribution in [0.15, 0.2) is 4.99 Å². The highest BCUT2D eigenvalue weighted by molar-refractivity contribution is 5.95. The fourth-order valence-corrected chi connectivity index (χ4v) is 2.83. The summed E-state index contributed by atoms with van der Waals surface area (Å²) in [5, 5.41) is 24.6. The fourth-order valence-electron chi connectivity index (χ4n) is 2.83. The Morgan fingerprint density at radius 2 is 1.22 bits per heavy atom. The predicted octanol–water partition coefficient (Wildman–Crippen LogP) is -5.48. The van der Waals surface area contributed by atoms with Crippen LogP contribution in [0, 0.1) is 0 Å². The molecule has 0 aromatic rings. The molecule has 18 nitrogen and oxygen atoms in total. The maximum absolute atomic E-state index is 13.0. The van der Waals surface area contributed by atoms with Crippen molar-refractivity contribution in [2.45, 2.75) is 62.7 Å². The van der Waals surface area contributed by atoms with E-state index in [1.54, 1.807) is 0 Å². The molecule has 0 saturated heterocycles. The monoisotopic (exact) mass is 531 g/mol. The van der Waals surface area contributed by atoms with E-state index in [9.17, 15) is 38.7 Å². The van der Waals surface area contributed by atoms with Gasteiger partial charge in [0.1, 0.15) is 18.1 Å². The number of carbonyl (C=O) groups is 7. The van der Waals surface area contributed by atoms with E-state index in [1.165, 1.54) is 0 Å². The number of rotatable bonds is 18. The molecule has 37 heavy (non-hydrogen) atoms. The van der Waals surface area contributed by atoms with Crippen LogP contribution in [0.25, 0.3) is 0 Å². The van der Waals surface area contributed by atoms with Gasteiger partial charge in [-0.3, -0.25) is 33.8 Å². The molecule has 0 radical (unpaired) electrons. The second-order valence-electron chi connectivity index (χ2n) is 7.85. The van der Waals surface area contributed by atoms with Crippen LogP contribution in [-0.2, 0) is 33.6 Å². The molecule has 0 rings (SSSR count). The number of hydrogen-bond donors (Lipinski definition) is 10. The van der Waals surface area contributed by atoms with E-state index in [-0.39, 0.29) is 31.8 Å². The van der Waals surface area contributed by atoms with Crippen molar-refractivity contribution < 1.29 is 43.8 Å². The van der Waals surface area contributed by atoms with Crippen LogP contribution in [0.3, 0.4) is 0 Å². The summed E-state index contributed by atoms with van der Waals surface area (Å²) in [5.74, 6) is -8.01. The molecule has 15 N–H and O–H groups in total. The van der Waals surface area contributed by atoms with E-state index in [2.05, 4.69) is 15.6 Å². The highest BCUT2D eigenvalue weighted by Crippen LogP contribution is 2.05. The molecular formula is C19H33N9O9. The molecule has 4 unspecified atom stereocenters. The van der Waals surface area contributed by atoms with Crippen LogP contribution < -0.4 is 44.6 Å². The average Bonchev–Trinajstić information content (AvgIpc) is 2.76. The lowest BCUT2D eigenvalue weighted by Gasteiger charge is -2.25. The summed E-state index contributed by atoms with van der Waals surface area (Å²) in [6, 6.07) is -6.09. The van der Waals surface area contributed by atoms with Gasteiger partial charge in [-0.2, -0.15) is 0 Å². The minimum atomic E-state index is -1.72. The Morgan fingerprint density at radius 3 is 1.68 bits per heavy atom. The number of aliphatic carboxylic acids is 2. The van der Waals surface area contributed by atoms with Crippen LogP contribution in [0.1, 0.15) is 38.5 Å². The van der Waals surface area contributed by atoms with Gasteiger partial charge < -0.3 is 54.8 Å². The van der Waals surface area contributed by atoms with Gasteiger partial charge in [0, 0.05) is 13.0 Å². The Balaban J connectivity index is 5.72. The number of carbonyl (C=O) groups excluding carboxylic acids is 5. The summed E-state index contributed by atoms with van der Waals surface area (Å²) in [6.45, 7) is 0.0577. The fraction of sp³-hybridized carbons (Fsp3) is 0.579. The SMILES string of the molecule is NC(=O)CCC(NC(=O)C(CCCN=C(N)N)NC(=O)C(N)CC(=O)O)C(=O)NC(CC(N)=O)C(=O)O. The zero-order chi connectivity index (χ0) is 28.7. The van der Waals surface area contributed by atoms with Crippen molar-refractivity contribution in [1.82, 2.24) is 16.0 Å². The smallest absolute Gasteiger partial charge is 0.326 e. The Hall–Kier alpha value is -4.48. The molecule has 0 aliphatic rings. The molecule has 0 fully saturated rings. The minimum absolute atomic E-state index is 0.0577. The first-order valence-electron chi connectivity index (χ1n) is 10.9. The quantitative estimate of drug-likeness (QED) is 0.0449. The van der Waals surface area contributed by atoms with Gasteiger partial charge >= 0.3 is 11.9 Å². The molecule has 0 heterocycles. The molecule has 0 aromatic carbocycles. The number of hydrogen-bond acceptors (Lipinski definition) is 9. The van der Waals surface area contributed by atoms with Gasteiger partial charge in [0.2, 0.25) is 29.5 Å². The lowest BCUT2D eigenvalue weighted by Crippen LogP contribution is -2.57. The third-order valence-electron chi connectivity index (χ3n) is 4.64. The molecular weight excluding hydrogens is 498 g/mol. The maximum atomic E-state index is 13.0. The number of carboxylic acids is 2. The van der Waals surface area contributed by atoms with Crippen molar-refractivity contribution in [1.29, 1.82) is 0 Å². The Bertz CT molecular complexity index is 905. The van der Waals surface area contributed by atoms with Crippen LogP contribution >= 0.6 is 0 Å². The molecule has 0 spiro atoms. The van der Waals surface area contributed by atoms with Gasteiger partial charge in [-0.15, -0.1) is 0 Å². The number of nitrogens with zero attached hydrogens (tertiary/aromatic N) is 1. The van der Waals surface area contributed by atoms with E-state index in [0.29, 0.717) is 0 Å². The zero-order valence-electron chi connectivity index (χ0n) is 19.8. The second kappa shape index (κ2) is 16.2. The largest absolute Gasteiger partial charge is 0.481 e. The van der Waals surface area contributed by atoms with Gasteiger partial charge in [0.25, 0.3) is 0 Å². The number of primary amides is 2. The van der Waals surface area contributed by atoms with Crippen molar-refractivity contribution in [2.24, 2.45) is 33.7 Å². The number of nitrogens with one attached hydrogen (secondary N) is 3. The zero-order valence-corrected chi connectivity index (χ0v) is 19.8. The van der Waals surface area contributed by atoms with E-state index < -0.39 is 84.9 Å². The summed E-state index contributed by atoms with van der Waals surface area (Å²) in [7, 11) is 0. The van der Waals surface area contributed by atoms with Gasteiger partial charge in [-0.05, 0) is 19.3 Å². The second-order valence-corrected chi connectivity index (χ2v) is 7.85. The lowest BCUT2D eigenvalue weighted by molar-refractivity contribution is -0.144. The number of guanidine groups is 1. The van der Waals surface area contributed by atoms with Gasteiger partial charge in [0.15, 0.2) is 5.96 Å². The molecule has 0 aliphatic carbocycles. The summed E-state index contributed by atoms with van der Waals surface area (Å²) in [6.07, 6.45) is -2.16. The predicted molar refractivity (Wildman–Crippen MR) is 126 cm³/mol. The molecule has 18 heteroatoms. The molecule has 4 atom stereocenters. The number of amides is 5. The normalized spacial score (nSPS) is 13.6. The van der Waals surface area contributed by atoms with E-state index >= 15 is 0 Å². The van der Waals surface area contributed by atoms with E-state index in [1.807, 2.05) is 5.32 Å². The average molecular weight is 532 g/mol. The van der Waals surface area contributed by atoms with Gasteiger partial charge in [-0.25, -0.2) is 4.79 Å². The van der Waals surface area contributed by atoms with Gasteiger partial charge in [-0.1, -0.05) is 0 Å². The van der Waals surface area contributed by atoms with E-state index in [4.69, 9.17) is 33.8 Å². The van der Waals surface area contributed by atoms with E-state index in [0.717, 1.165) is 0 Å². The van der Waals surface area contributed by atoms with Crippen molar-refractivity contribution in [2.75, 3.05) is 6.54 Å². The Labute approximate surface area is 210 Å². The Kier molecular flexibility index (Phi) is 14.3. The van der Waals surface area contributed by atoms with Crippen molar-refractivity contribution in [3.63, 3.8) is 0 Å². The summed E-state index contributed by atoms with van der Waals surface area (Å²) >= 11 is 0. The lowest BCUT2D eigenvalue weighted by atomic mass is 10.1. The highest BCUT2D eigenvalue weighted by Gasteiger charge is 2.31. The van der Waals surface area contributed by atoms with Crippen molar-refractivity contribution in [3.8, 4) is 0 Å². The van der Waals surface area contributed by atoms with Crippen molar-refractivity contribution >= 4 is 47.4 Å². The third-order valence-corrected chi connectivity index (χ3v) is 4.64. The third kappa shape index (κ3) is 14.5. The van der Waals surface area contributed by atoms with Gasteiger partial charge in [0.05, 0.1) is 18.9 Å². The number of nitrogens with two attached hydrogens (primary N) is 5. The molecule has 0 bridgehead atoms. The van der Waals surface area contributed by atoms with Crippen LogP contribution in [0.4, 0.5) is 0 Å².